The van der Waals surface area contributed by atoms with Gasteiger partial charge in [-0.15, -0.1) is 0 Å². The van der Waals surface area contributed by atoms with Crippen molar-refractivity contribution >= 4 is 24.0 Å². The number of pyridine rings is 1. The highest BCUT2D eigenvalue weighted by atomic mass is 16.4. The fourth-order valence-electron chi connectivity index (χ4n) is 4.51. The Balaban J connectivity index is 1.68. The summed E-state index contributed by atoms with van der Waals surface area (Å²) in [6.45, 7) is 0.556. The number of benzene rings is 1. The summed E-state index contributed by atoms with van der Waals surface area (Å²) in [6.07, 6.45) is 1.89. The molecule has 0 radical (unpaired) electrons. The zero-order valence-electron chi connectivity index (χ0n) is 20.5. The molecule has 0 bridgehead atoms. The summed E-state index contributed by atoms with van der Waals surface area (Å²) in [4.78, 5) is 54.5. The second kappa shape index (κ2) is 13.8. The zero-order valence-corrected chi connectivity index (χ0v) is 20.5. The van der Waals surface area contributed by atoms with Crippen molar-refractivity contribution in [2.75, 3.05) is 13.1 Å². The molecule has 1 saturated heterocycles. The highest BCUT2D eigenvalue weighted by Crippen LogP contribution is 2.23. The van der Waals surface area contributed by atoms with Crippen LogP contribution in [0.15, 0.2) is 54.7 Å². The van der Waals surface area contributed by atoms with Crippen LogP contribution in [0.25, 0.3) is 0 Å². The molecular weight excluding hydrogens is 478 g/mol. The molecule has 0 spiro atoms. The third-order valence-corrected chi connectivity index (χ3v) is 6.29. The summed E-state index contributed by atoms with van der Waals surface area (Å²) in [5.74, 6) is -0.748. The van der Waals surface area contributed by atoms with Gasteiger partial charge in [0.15, 0.2) is 0 Å². The average Bonchev–Trinajstić information content (AvgIpc) is 3.38. The van der Waals surface area contributed by atoms with Crippen LogP contribution in [0.3, 0.4) is 0 Å². The van der Waals surface area contributed by atoms with Gasteiger partial charge in [0.05, 0.1) is 6.04 Å². The minimum atomic E-state index is -1.33. The van der Waals surface area contributed by atoms with Crippen LogP contribution in [0.5, 0.6) is 0 Å². The normalized spacial score (nSPS) is 16.4. The van der Waals surface area contributed by atoms with Gasteiger partial charge in [0.25, 0.3) is 0 Å². The number of carbonyl (C=O) groups excluding carboxylic acids is 2. The molecule has 1 fully saturated rings. The molecule has 1 aromatic heterocycles. The lowest BCUT2D eigenvalue weighted by Crippen LogP contribution is -2.53. The van der Waals surface area contributed by atoms with Gasteiger partial charge in [-0.25, -0.2) is 9.59 Å². The Morgan fingerprint density at radius 1 is 0.973 bits per heavy atom. The third kappa shape index (κ3) is 8.48. The fourth-order valence-corrected chi connectivity index (χ4v) is 4.51. The molecule has 11 nitrogen and oxygen atoms in total. The number of amides is 4. The highest BCUT2D eigenvalue weighted by Gasteiger charge is 2.38. The van der Waals surface area contributed by atoms with E-state index in [2.05, 4.69) is 20.9 Å². The molecule has 1 aliphatic heterocycles. The molecule has 0 aliphatic carbocycles. The van der Waals surface area contributed by atoms with E-state index in [1.54, 1.807) is 6.20 Å². The number of aromatic nitrogens is 1. The SMILES string of the molecule is O=C(O)NCCCC[C@H](NC(=O)O)C(=O)N1CCC[C@H]1C(=O)N[C@@H](Cc1ccccn1)c1ccccc1. The van der Waals surface area contributed by atoms with Crippen molar-refractivity contribution in [2.24, 2.45) is 0 Å². The van der Waals surface area contributed by atoms with E-state index in [1.165, 1.54) is 4.90 Å². The summed E-state index contributed by atoms with van der Waals surface area (Å²) >= 11 is 0. The third-order valence-electron chi connectivity index (χ3n) is 6.29. The lowest BCUT2D eigenvalue weighted by Gasteiger charge is -2.29. The largest absolute Gasteiger partial charge is 0.465 e. The van der Waals surface area contributed by atoms with Crippen molar-refractivity contribution in [3.05, 3.63) is 66.0 Å². The molecule has 11 heteroatoms. The van der Waals surface area contributed by atoms with Crippen LogP contribution in [0, 0.1) is 0 Å². The van der Waals surface area contributed by atoms with Gasteiger partial charge in [-0.1, -0.05) is 36.4 Å². The number of hydrogen-bond donors (Lipinski definition) is 5. The van der Waals surface area contributed by atoms with E-state index in [-0.39, 0.29) is 24.9 Å². The molecule has 0 saturated carbocycles. The predicted molar refractivity (Wildman–Crippen MR) is 135 cm³/mol. The van der Waals surface area contributed by atoms with Gasteiger partial charge in [0.2, 0.25) is 11.8 Å². The number of carboxylic acid groups (broad SMARTS) is 2. The van der Waals surface area contributed by atoms with E-state index >= 15 is 0 Å². The smallest absolute Gasteiger partial charge is 0.405 e. The van der Waals surface area contributed by atoms with E-state index < -0.39 is 30.2 Å². The molecule has 0 unspecified atom stereocenters. The minimum absolute atomic E-state index is 0.198. The first-order chi connectivity index (χ1) is 17.8. The van der Waals surface area contributed by atoms with Crippen LogP contribution in [-0.4, -0.2) is 69.3 Å². The summed E-state index contributed by atoms with van der Waals surface area (Å²) in [5.41, 5.74) is 1.73. The molecule has 1 aromatic carbocycles. The maximum atomic E-state index is 13.4. The van der Waals surface area contributed by atoms with Crippen molar-refractivity contribution < 1.29 is 29.4 Å². The molecule has 198 valence electrons. The van der Waals surface area contributed by atoms with Crippen molar-refractivity contribution in [1.29, 1.82) is 0 Å². The first kappa shape index (κ1) is 27.4. The van der Waals surface area contributed by atoms with Crippen molar-refractivity contribution in [2.45, 2.75) is 56.7 Å². The zero-order chi connectivity index (χ0) is 26.6. The molecule has 2 aromatic rings. The molecule has 3 atom stereocenters. The Bertz CT molecular complexity index is 1050. The van der Waals surface area contributed by atoms with Crippen LogP contribution >= 0.6 is 0 Å². The van der Waals surface area contributed by atoms with Crippen molar-refractivity contribution in [3.63, 3.8) is 0 Å². The second-order valence-corrected chi connectivity index (χ2v) is 8.92. The molecule has 2 heterocycles. The van der Waals surface area contributed by atoms with E-state index in [0.29, 0.717) is 38.6 Å². The number of nitrogens with one attached hydrogen (secondary N) is 3. The number of hydrogen-bond acceptors (Lipinski definition) is 5. The number of nitrogens with zero attached hydrogens (tertiary/aromatic N) is 2. The first-order valence-electron chi connectivity index (χ1n) is 12.4. The van der Waals surface area contributed by atoms with Crippen LogP contribution in [0.1, 0.15) is 49.4 Å². The summed E-state index contributed by atoms with van der Waals surface area (Å²) in [6, 6.07) is 13.1. The van der Waals surface area contributed by atoms with E-state index in [4.69, 9.17) is 5.11 Å². The Morgan fingerprint density at radius 3 is 2.41 bits per heavy atom. The van der Waals surface area contributed by atoms with E-state index in [0.717, 1.165) is 11.3 Å². The van der Waals surface area contributed by atoms with Crippen molar-refractivity contribution in [1.82, 2.24) is 25.8 Å². The number of carbonyl (C=O) groups is 4. The van der Waals surface area contributed by atoms with Gasteiger partial charge in [0.1, 0.15) is 12.1 Å². The summed E-state index contributed by atoms with van der Waals surface area (Å²) < 4.78 is 0. The Morgan fingerprint density at radius 2 is 1.73 bits per heavy atom. The predicted octanol–water partition coefficient (Wildman–Crippen LogP) is 2.55. The highest BCUT2D eigenvalue weighted by molar-refractivity contribution is 5.91. The molecule has 3 rings (SSSR count). The van der Waals surface area contributed by atoms with Gasteiger partial charge in [-0.3, -0.25) is 14.6 Å². The van der Waals surface area contributed by atoms with Crippen LogP contribution in [-0.2, 0) is 16.0 Å². The monoisotopic (exact) mass is 511 g/mol. The van der Waals surface area contributed by atoms with Gasteiger partial charge >= 0.3 is 12.2 Å². The van der Waals surface area contributed by atoms with E-state index in [1.807, 2.05) is 48.5 Å². The number of likely N-dealkylation sites (tertiary alicyclic amines) is 1. The van der Waals surface area contributed by atoms with Crippen LogP contribution < -0.4 is 16.0 Å². The molecule has 4 amide bonds. The maximum Gasteiger partial charge on any atom is 0.405 e. The summed E-state index contributed by atoms with van der Waals surface area (Å²) in [7, 11) is 0. The minimum Gasteiger partial charge on any atom is -0.465 e. The topological polar surface area (TPSA) is 161 Å². The lowest BCUT2D eigenvalue weighted by molar-refractivity contribution is -0.140. The molecule has 5 N–H and O–H groups in total. The maximum absolute atomic E-state index is 13.4. The second-order valence-electron chi connectivity index (χ2n) is 8.92. The standard InChI is InChI=1S/C26H33N5O6/c32-23(29-21(18-9-2-1-3-10-18)17-19-11-4-6-14-27-19)22-13-8-16-31(22)24(33)20(30-26(36)37)12-5-7-15-28-25(34)35/h1-4,6,9-11,14,20-22,28,30H,5,7-8,12-13,15-17H2,(H,29,32)(H,34,35)(H,36,37)/t20-,21-,22-/m0/s1. The Kier molecular flexibility index (Phi) is 10.2. The summed E-state index contributed by atoms with van der Waals surface area (Å²) in [5, 5.41) is 25.5. The van der Waals surface area contributed by atoms with Gasteiger partial charge < -0.3 is 31.1 Å². The van der Waals surface area contributed by atoms with Crippen molar-refractivity contribution in [3.8, 4) is 0 Å². The fraction of sp³-hybridized carbons (Fsp3) is 0.423. The average molecular weight is 512 g/mol. The quantitative estimate of drug-likeness (QED) is 0.274. The van der Waals surface area contributed by atoms with Crippen LogP contribution in [0.4, 0.5) is 9.59 Å². The first-order valence-corrected chi connectivity index (χ1v) is 12.4. The Labute approximate surface area is 215 Å². The van der Waals surface area contributed by atoms with Gasteiger partial charge in [0, 0.05) is 31.4 Å². The van der Waals surface area contributed by atoms with Gasteiger partial charge in [-0.2, -0.15) is 0 Å². The molecule has 1 aliphatic rings. The van der Waals surface area contributed by atoms with Gasteiger partial charge in [-0.05, 0) is 49.8 Å². The number of rotatable bonds is 12. The number of unbranched alkanes of at least 4 members (excludes halogenated alkanes) is 1. The van der Waals surface area contributed by atoms with Crippen LogP contribution in [0.2, 0.25) is 0 Å². The van der Waals surface area contributed by atoms with E-state index in [9.17, 15) is 24.3 Å². The molecular formula is C26H33N5O6. The molecule has 37 heavy (non-hydrogen) atoms. The lowest BCUT2D eigenvalue weighted by atomic mass is 10.0. The Hall–Kier alpha value is -4.15.